The van der Waals surface area contributed by atoms with Gasteiger partial charge in [-0.1, -0.05) is 26.7 Å². The van der Waals surface area contributed by atoms with Crippen LogP contribution < -0.4 is 0 Å². The topological polar surface area (TPSA) is 9.23 Å². The smallest absolute Gasteiger partial charge is 0.0578 e. The van der Waals surface area contributed by atoms with Gasteiger partial charge in [-0.25, -0.2) is 0 Å². The molecule has 0 aromatic rings. The standard InChI is InChI=1S/C10H22O/c1-5-7-10(8-6-2)11-9(3)4/h9-10H,5-8H2,1-4H3. The fourth-order valence-electron chi connectivity index (χ4n) is 1.31. The Morgan fingerprint density at radius 2 is 1.45 bits per heavy atom. The van der Waals surface area contributed by atoms with Crippen molar-refractivity contribution in [2.24, 2.45) is 0 Å². The summed E-state index contributed by atoms with van der Waals surface area (Å²) in [6.45, 7) is 8.65. The quantitative estimate of drug-likeness (QED) is 0.576. The van der Waals surface area contributed by atoms with Gasteiger partial charge in [0.05, 0.1) is 12.2 Å². The predicted octanol–water partition coefficient (Wildman–Crippen LogP) is 3.38. The fraction of sp³-hybridized carbons (Fsp3) is 1.00. The molecule has 0 spiro atoms. The summed E-state index contributed by atoms with van der Waals surface area (Å²) in [5.74, 6) is 0. The van der Waals surface area contributed by atoms with Crippen LogP contribution in [0.2, 0.25) is 0 Å². The van der Waals surface area contributed by atoms with Crippen LogP contribution in [0.25, 0.3) is 0 Å². The minimum absolute atomic E-state index is 0.387. The van der Waals surface area contributed by atoms with Gasteiger partial charge in [0.25, 0.3) is 0 Å². The van der Waals surface area contributed by atoms with Crippen LogP contribution in [-0.4, -0.2) is 12.2 Å². The second-order valence-electron chi connectivity index (χ2n) is 3.38. The summed E-state index contributed by atoms with van der Waals surface area (Å²) < 4.78 is 5.73. The van der Waals surface area contributed by atoms with E-state index in [1.165, 1.54) is 25.7 Å². The average Bonchev–Trinajstić information content (AvgIpc) is 1.87. The Kier molecular flexibility index (Phi) is 6.63. The lowest BCUT2D eigenvalue weighted by Gasteiger charge is -2.18. The summed E-state index contributed by atoms with van der Waals surface area (Å²) in [6.07, 6.45) is 5.79. The highest BCUT2D eigenvalue weighted by molar-refractivity contribution is 4.57. The first-order chi connectivity index (χ1) is 5.20. The number of ether oxygens (including phenoxy) is 1. The van der Waals surface area contributed by atoms with E-state index in [2.05, 4.69) is 27.7 Å². The van der Waals surface area contributed by atoms with Crippen molar-refractivity contribution >= 4 is 0 Å². The molecule has 0 aromatic heterocycles. The molecule has 1 nitrogen and oxygen atoms in total. The third-order valence-corrected chi connectivity index (χ3v) is 1.69. The molecule has 0 unspecified atom stereocenters. The van der Waals surface area contributed by atoms with Crippen LogP contribution in [0.15, 0.2) is 0 Å². The van der Waals surface area contributed by atoms with Gasteiger partial charge in [-0.15, -0.1) is 0 Å². The van der Waals surface area contributed by atoms with Crippen molar-refractivity contribution in [3.63, 3.8) is 0 Å². The van der Waals surface area contributed by atoms with Crippen LogP contribution in [-0.2, 0) is 4.74 Å². The normalized spacial score (nSPS) is 11.5. The van der Waals surface area contributed by atoms with Crippen molar-refractivity contribution in [3.05, 3.63) is 0 Å². The van der Waals surface area contributed by atoms with Crippen LogP contribution in [0.4, 0.5) is 0 Å². The third kappa shape index (κ3) is 6.36. The van der Waals surface area contributed by atoms with Gasteiger partial charge in [0.2, 0.25) is 0 Å². The van der Waals surface area contributed by atoms with Crippen molar-refractivity contribution in [2.45, 2.75) is 65.6 Å². The van der Waals surface area contributed by atoms with Crippen molar-refractivity contribution < 1.29 is 4.74 Å². The van der Waals surface area contributed by atoms with E-state index in [1.54, 1.807) is 0 Å². The highest BCUT2D eigenvalue weighted by atomic mass is 16.5. The van der Waals surface area contributed by atoms with Gasteiger partial charge in [-0.3, -0.25) is 0 Å². The molecule has 0 aliphatic carbocycles. The summed E-state index contributed by atoms with van der Waals surface area (Å²) in [4.78, 5) is 0. The average molecular weight is 158 g/mol. The molecule has 11 heavy (non-hydrogen) atoms. The second kappa shape index (κ2) is 6.66. The maximum absolute atomic E-state index is 5.73. The lowest BCUT2D eigenvalue weighted by molar-refractivity contribution is -0.00198. The lowest BCUT2D eigenvalue weighted by Crippen LogP contribution is -2.17. The molecular weight excluding hydrogens is 136 g/mol. The number of hydrogen-bond donors (Lipinski definition) is 0. The van der Waals surface area contributed by atoms with Crippen LogP contribution in [0.1, 0.15) is 53.4 Å². The largest absolute Gasteiger partial charge is 0.376 e. The Morgan fingerprint density at radius 3 is 1.73 bits per heavy atom. The minimum atomic E-state index is 0.387. The van der Waals surface area contributed by atoms with E-state index < -0.39 is 0 Å². The minimum Gasteiger partial charge on any atom is -0.376 e. The van der Waals surface area contributed by atoms with E-state index in [-0.39, 0.29) is 0 Å². The maximum atomic E-state index is 5.73. The van der Waals surface area contributed by atoms with E-state index in [1.807, 2.05) is 0 Å². The van der Waals surface area contributed by atoms with Gasteiger partial charge in [0.15, 0.2) is 0 Å². The number of hydrogen-bond acceptors (Lipinski definition) is 1. The summed E-state index contributed by atoms with van der Waals surface area (Å²) in [5, 5.41) is 0. The van der Waals surface area contributed by atoms with Crippen LogP contribution in [0, 0.1) is 0 Å². The molecule has 0 atom stereocenters. The monoisotopic (exact) mass is 158 g/mol. The Hall–Kier alpha value is -0.0400. The molecule has 0 aliphatic heterocycles. The zero-order valence-corrected chi connectivity index (χ0v) is 8.39. The van der Waals surface area contributed by atoms with Gasteiger partial charge < -0.3 is 4.74 Å². The molecule has 0 fully saturated rings. The molecule has 0 saturated carbocycles. The van der Waals surface area contributed by atoms with Gasteiger partial charge >= 0.3 is 0 Å². The summed E-state index contributed by atoms with van der Waals surface area (Å²) in [5.41, 5.74) is 0. The van der Waals surface area contributed by atoms with Gasteiger partial charge in [-0.05, 0) is 26.7 Å². The SMILES string of the molecule is CCCC(CCC)OC(C)C. The van der Waals surface area contributed by atoms with Crippen LogP contribution in [0.5, 0.6) is 0 Å². The zero-order valence-electron chi connectivity index (χ0n) is 8.39. The Morgan fingerprint density at radius 1 is 1.00 bits per heavy atom. The first-order valence-electron chi connectivity index (χ1n) is 4.86. The molecule has 0 aliphatic rings. The Balaban J connectivity index is 3.50. The van der Waals surface area contributed by atoms with Crippen LogP contribution >= 0.6 is 0 Å². The first-order valence-corrected chi connectivity index (χ1v) is 4.86. The summed E-state index contributed by atoms with van der Waals surface area (Å²) in [7, 11) is 0. The second-order valence-corrected chi connectivity index (χ2v) is 3.38. The lowest BCUT2D eigenvalue weighted by atomic mass is 10.1. The molecule has 0 rings (SSSR count). The summed E-state index contributed by atoms with van der Waals surface area (Å²) >= 11 is 0. The van der Waals surface area contributed by atoms with E-state index in [9.17, 15) is 0 Å². The van der Waals surface area contributed by atoms with Gasteiger partial charge in [-0.2, -0.15) is 0 Å². The Labute approximate surface area is 71.1 Å². The first kappa shape index (κ1) is 11.0. The fourth-order valence-corrected chi connectivity index (χ4v) is 1.31. The van der Waals surface area contributed by atoms with Crippen molar-refractivity contribution in [1.82, 2.24) is 0 Å². The predicted molar refractivity (Wildman–Crippen MR) is 49.8 cm³/mol. The molecule has 0 heterocycles. The number of rotatable bonds is 6. The van der Waals surface area contributed by atoms with Crippen molar-refractivity contribution in [3.8, 4) is 0 Å². The maximum Gasteiger partial charge on any atom is 0.0578 e. The molecule has 1 heteroatoms. The molecule has 0 aromatic carbocycles. The molecular formula is C10H22O. The Bertz CT molecular complexity index is 72.9. The highest BCUT2D eigenvalue weighted by Gasteiger charge is 2.07. The van der Waals surface area contributed by atoms with E-state index in [0.717, 1.165) is 0 Å². The van der Waals surface area contributed by atoms with Crippen LogP contribution in [0.3, 0.4) is 0 Å². The van der Waals surface area contributed by atoms with Crippen molar-refractivity contribution in [2.75, 3.05) is 0 Å². The van der Waals surface area contributed by atoms with Crippen molar-refractivity contribution in [1.29, 1.82) is 0 Å². The van der Waals surface area contributed by atoms with E-state index in [4.69, 9.17) is 4.74 Å². The van der Waals surface area contributed by atoms with E-state index in [0.29, 0.717) is 12.2 Å². The van der Waals surface area contributed by atoms with Gasteiger partial charge in [0.1, 0.15) is 0 Å². The highest BCUT2D eigenvalue weighted by Crippen LogP contribution is 2.11. The van der Waals surface area contributed by atoms with E-state index >= 15 is 0 Å². The molecule has 0 amide bonds. The molecule has 0 radical (unpaired) electrons. The molecule has 0 saturated heterocycles. The molecule has 0 N–H and O–H groups in total. The third-order valence-electron chi connectivity index (χ3n) is 1.69. The summed E-state index contributed by atoms with van der Waals surface area (Å²) in [6, 6.07) is 0. The zero-order chi connectivity index (χ0) is 8.69. The molecule has 68 valence electrons. The van der Waals surface area contributed by atoms with Gasteiger partial charge in [0, 0.05) is 0 Å². The molecule has 0 bridgehead atoms.